The Morgan fingerprint density at radius 3 is 2.84 bits per heavy atom. The van der Waals surface area contributed by atoms with Crippen LogP contribution in [0.5, 0.6) is 0 Å². The van der Waals surface area contributed by atoms with Crippen molar-refractivity contribution in [2.75, 3.05) is 18.6 Å². The number of nitrogens with one attached hydrogen (secondary N) is 1. The van der Waals surface area contributed by atoms with Crippen LogP contribution in [0.2, 0.25) is 0 Å². The monoisotopic (exact) mass is 461 g/mol. The molecule has 15 heteroatoms. The number of β-lactam (4-membered cyclic amide) rings is 1. The number of nitrogen functional groups attached to an aromatic ring is 1. The summed E-state index contributed by atoms with van der Waals surface area (Å²) in [7, 11) is 1.22. The highest BCUT2D eigenvalue weighted by atomic mass is 32.2. The standard InChI is InChI=1S/C17H16N8O6S/c1-30-22-9(12-21-17(18)31-23-12)13(26)20-10-14(27)25-11(16(28)29)8(7-32-15(10)25)6-24-4-2-19-3-5-24/h2-5,10,15H,6-7H2,1H3,(H3-,18,20,21,23,26,28,29)/p+1/b22-9-/t10?,15-/m1/s1. The van der Waals surface area contributed by atoms with Gasteiger partial charge in [-0.15, -0.1) is 11.8 Å². The minimum absolute atomic E-state index is 0.0923. The molecular weight excluding hydrogens is 444 g/mol. The molecule has 4 N–H and O–H groups in total. The van der Waals surface area contributed by atoms with Crippen LogP contribution in [0.4, 0.5) is 6.01 Å². The first kappa shape index (κ1) is 21.2. The van der Waals surface area contributed by atoms with Gasteiger partial charge in [0, 0.05) is 11.3 Å². The van der Waals surface area contributed by atoms with Gasteiger partial charge in [-0.25, -0.2) is 4.79 Å². The van der Waals surface area contributed by atoms with Crippen molar-refractivity contribution in [3.63, 3.8) is 0 Å². The smallest absolute Gasteiger partial charge is 0.352 e. The molecule has 2 aromatic heterocycles. The van der Waals surface area contributed by atoms with Gasteiger partial charge in [0.1, 0.15) is 24.2 Å². The Morgan fingerprint density at radius 1 is 1.47 bits per heavy atom. The van der Waals surface area contributed by atoms with E-state index in [0.717, 1.165) is 0 Å². The number of aromatic nitrogens is 4. The first-order chi connectivity index (χ1) is 15.4. The van der Waals surface area contributed by atoms with Crippen molar-refractivity contribution in [2.45, 2.75) is 18.0 Å². The topological polar surface area (TPSA) is 190 Å². The molecule has 4 rings (SSSR count). The molecular formula is C17H17N8O6S+. The number of amides is 2. The van der Waals surface area contributed by atoms with Gasteiger partial charge in [-0.3, -0.25) is 19.5 Å². The molecule has 166 valence electrons. The summed E-state index contributed by atoms with van der Waals surface area (Å²) in [5, 5.41) is 18.8. The number of carboxylic acid groups (broad SMARTS) is 1. The summed E-state index contributed by atoms with van der Waals surface area (Å²) in [6, 6.07) is -1.25. The maximum absolute atomic E-state index is 12.8. The summed E-state index contributed by atoms with van der Waals surface area (Å²) < 4.78 is 6.40. The predicted molar refractivity (Wildman–Crippen MR) is 106 cm³/mol. The SMILES string of the molecule is CO/N=C(\C(=O)NC1C(=O)N2C(C(=O)O)=C(C[n+]3ccncc3)CS[C@H]12)c1noc(N)n1. The van der Waals surface area contributed by atoms with Crippen molar-refractivity contribution >= 4 is 41.3 Å². The molecule has 2 aromatic rings. The van der Waals surface area contributed by atoms with Crippen LogP contribution in [0.15, 0.2) is 45.7 Å². The molecule has 0 bridgehead atoms. The second kappa shape index (κ2) is 8.62. The van der Waals surface area contributed by atoms with E-state index in [1.807, 2.05) is 0 Å². The van der Waals surface area contributed by atoms with Gasteiger partial charge in [0.05, 0.1) is 12.4 Å². The third-order valence-electron chi connectivity index (χ3n) is 4.65. The molecule has 0 saturated carbocycles. The lowest BCUT2D eigenvalue weighted by Gasteiger charge is -2.49. The van der Waals surface area contributed by atoms with E-state index in [2.05, 4.69) is 35.0 Å². The summed E-state index contributed by atoms with van der Waals surface area (Å²) in [5.41, 5.74) is 5.51. The molecule has 1 saturated heterocycles. The van der Waals surface area contributed by atoms with E-state index in [4.69, 9.17) is 5.73 Å². The number of oxime groups is 1. The summed E-state index contributed by atoms with van der Waals surface area (Å²) >= 11 is 1.34. The number of fused-ring (bicyclic) bond motifs is 1. The minimum atomic E-state index is -1.22. The normalized spacial score (nSPS) is 20.5. The number of hydrogen-bond acceptors (Lipinski definition) is 11. The highest BCUT2D eigenvalue weighted by molar-refractivity contribution is 8.00. The molecule has 4 heterocycles. The van der Waals surface area contributed by atoms with E-state index in [1.54, 1.807) is 29.4 Å². The largest absolute Gasteiger partial charge is 0.477 e. The fraction of sp³-hybridized carbons (Fsp3) is 0.294. The maximum Gasteiger partial charge on any atom is 0.352 e. The molecule has 0 radical (unpaired) electrons. The quantitative estimate of drug-likeness (QED) is 0.181. The van der Waals surface area contributed by atoms with Crippen LogP contribution in [0.1, 0.15) is 5.82 Å². The zero-order valence-corrected chi connectivity index (χ0v) is 17.4. The lowest BCUT2D eigenvalue weighted by atomic mass is 10.0. The molecule has 14 nitrogen and oxygen atoms in total. The van der Waals surface area contributed by atoms with Gasteiger partial charge in [0.2, 0.25) is 11.5 Å². The maximum atomic E-state index is 12.8. The Hall–Kier alpha value is -4.01. The van der Waals surface area contributed by atoms with E-state index in [-0.39, 0.29) is 29.8 Å². The number of hydrogen-bond donors (Lipinski definition) is 3. The Kier molecular flexibility index (Phi) is 5.72. The van der Waals surface area contributed by atoms with Gasteiger partial charge in [-0.05, 0) is 0 Å². The third kappa shape index (κ3) is 3.84. The van der Waals surface area contributed by atoms with Crippen LogP contribution in [0.25, 0.3) is 0 Å². The first-order valence-corrected chi connectivity index (χ1v) is 10.2. The van der Waals surface area contributed by atoms with Crippen LogP contribution >= 0.6 is 11.8 Å². The highest BCUT2D eigenvalue weighted by Crippen LogP contribution is 2.40. The number of anilines is 1. The van der Waals surface area contributed by atoms with Gasteiger partial charge in [-0.1, -0.05) is 10.3 Å². The van der Waals surface area contributed by atoms with Crippen LogP contribution in [0, 0.1) is 0 Å². The van der Waals surface area contributed by atoms with Crippen molar-refractivity contribution in [2.24, 2.45) is 5.16 Å². The highest BCUT2D eigenvalue weighted by Gasteiger charge is 2.54. The van der Waals surface area contributed by atoms with Gasteiger partial charge in [-0.2, -0.15) is 9.55 Å². The number of carbonyl (C=O) groups excluding carboxylic acids is 2. The number of nitrogens with zero attached hydrogens (tertiary/aromatic N) is 6. The van der Waals surface area contributed by atoms with E-state index < -0.39 is 29.2 Å². The zero-order chi connectivity index (χ0) is 22.8. The minimum Gasteiger partial charge on any atom is -0.477 e. The molecule has 1 unspecified atom stereocenters. The number of thioether (sulfide) groups is 1. The number of carboxylic acids is 1. The summed E-state index contributed by atoms with van der Waals surface area (Å²) in [6.07, 6.45) is 6.56. The average molecular weight is 461 g/mol. The van der Waals surface area contributed by atoms with Crippen molar-refractivity contribution < 1.29 is 33.4 Å². The second-order valence-corrected chi connectivity index (χ2v) is 7.72. The lowest BCUT2D eigenvalue weighted by molar-refractivity contribution is -0.689. The predicted octanol–water partition coefficient (Wildman–Crippen LogP) is -1.88. The molecule has 32 heavy (non-hydrogen) atoms. The van der Waals surface area contributed by atoms with E-state index in [1.165, 1.54) is 23.8 Å². The van der Waals surface area contributed by atoms with Crippen molar-refractivity contribution in [1.82, 2.24) is 25.3 Å². The van der Waals surface area contributed by atoms with E-state index in [9.17, 15) is 19.5 Å². The summed E-state index contributed by atoms with van der Waals surface area (Å²) in [4.78, 5) is 50.9. The van der Waals surface area contributed by atoms with Gasteiger partial charge < -0.3 is 25.5 Å². The third-order valence-corrected chi connectivity index (χ3v) is 5.99. The van der Waals surface area contributed by atoms with E-state index in [0.29, 0.717) is 11.3 Å². The Balaban J connectivity index is 1.53. The molecule has 0 aliphatic carbocycles. The molecule has 2 amide bonds. The van der Waals surface area contributed by atoms with Gasteiger partial charge >= 0.3 is 12.0 Å². The Morgan fingerprint density at radius 2 is 2.22 bits per heavy atom. The molecule has 2 atom stereocenters. The van der Waals surface area contributed by atoms with Crippen molar-refractivity contribution in [3.05, 3.63) is 41.9 Å². The molecule has 2 aliphatic rings. The Bertz CT molecular complexity index is 1130. The Labute approximate surface area is 184 Å². The van der Waals surface area contributed by atoms with Crippen LogP contribution in [-0.4, -0.2) is 72.9 Å². The van der Waals surface area contributed by atoms with Crippen LogP contribution in [0.3, 0.4) is 0 Å². The lowest BCUT2D eigenvalue weighted by Crippen LogP contribution is -2.71. The fourth-order valence-corrected chi connectivity index (χ4v) is 4.63. The van der Waals surface area contributed by atoms with Crippen molar-refractivity contribution in [3.8, 4) is 0 Å². The number of nitrogens with two attached hydrogens (primary N) is 1. The van der Waals surface area contributed by atoms with Crippen LogP contribution < -0.4 is 15.6 Å². The average Bonchev–Trinajstić information content (AvgIpc) is 3.21. The molecule has 1 fully saturated rings. The number of rotatable bonds is 7. The molecule has 0 spiro atoms. The first-order valence-electron chi connectivity index (χ1n) is 9.11. The molecule has 0 aromatic carbocycles. The van der Waals surface area contributed by atoms with Crippen molar-refractivity contribution in [1.29, 1.82) is 0 Å². The second-order valence-electron chi connectivity index (χ2n) is 6.61. The summed E-state index contributed by atoms with van der Waals surface area (Å²) in [6.45, 7) is 0.286. The number of carbonyl (C=O) groups is 3. The molecule has 2 aliphatic heterocycles. The van der Waals surface area contributed by atoms with E-state index >= 15 is 0 Å². The zero-order valence-electron chi connectivity index (χ0n) is 16.5. The summed E-state index contributed by atoms with van der Waals surface area (Å²) in [5.74, 6) is -2.44. The van der Waals surface area contributed by atoms with Crippen LogP contribution in [-0.2, 0) is 25.8 Å². The van der Waals surface area contributed by atoms with Gasteiger partial charge in [0.25, 0.3) is 11.8 Å². The van der Waals surface area contributed by atoms with Gasteiger partial charge in [0.15, 0.2) is 18.9 Å². The fourth-order valence-electron chi connectivity index (χ4n) is 3.29. The number of aliphatic carboxylic acids is 1.